The minimum Gasteiger partial charge on any atom is -0.330 e. The molecule has 0 saturated heterocycles. The average Bonchev–Trinajstić information content (AvgIpc) is 2.94. The van der Waals surface area contributed by atoms with Gasteiger partial charge in [-0.15, -0.1) is 10.2 Å². The zero-order valence-electron chi connectivity index (χ0n) is 12.7. The van der Waals surface area contributed by atoms with Crippen LogP contribution in [0.1, 0.15) is 5.69 Å². The normalized spacial score (nSPS) is 11.0. The molecule has 3 rings (SSSR count). The van der Waals surface area contributed by atoms with E-state index in [0.717, 1.165) is 0 Å². The van der Waals surface area contributed by atoms with Gasteiger partial charge in [-0.05, 0) is 35.5 Å². The molecule has 1 aromatic carbocycles. The van der Waals surface area contributed by atoms with Crippen molar-refractivity contribution in [2.45, 2.75) is 6.42 Å². The smallest absolute Gasteiger partial charge is 0.207 e. The van der Waals surface area contributed by atoms with E-state index in [4.69, 9.17) is 28.9 Å². The zero-order chi connectivity index (χ0) is 17.3. The third-order valence-electron chi connectivity index (χ3n) is 3.40. The second kappa shape index (κ2) is 6.80. The van der Waals surface area contributed by atoms with Gasteiger partial charge in [0.1, 0.15) is 5.82 Å². The largest absolute Gasteiger partial charge is 0.330 e. The van der Waals surface area contributed by atoms with E-state index in [2.05, 4.69) is 20.4 Å². The Kier molecular flexibility index (Phi) is 4.75. The molecule has 124 valence electrons. The maximum atomic E-state index is 14.2. The van der Waals surface area contributed by atoms with Gasteiger partial charge in [-0.2, -0.15) is 4.80 Å². The van der Waals surface area contributed by atoms with Gasteiger partial charge in [0.25, 0.3) is 0 Å². The Balaban J connectivity index is 2.19. The lowest BCUT2D eigenvalue weighted by Gasteiger charge is -2.11. The first-order valence-corrected chi connectivity index (χ1v) is 7.83. The van der Waals surface area contributed by atoms with Crippen molar-refractivity contribution in [3.05, 3.63) is 46.0 Å². The topological polar surface area (TPSA) is 82.5 Å². The fourth-order valence-electron chi connectivity index (χ4n) is 2.35. The van der Waals surface area contributed by atoms with Crippen molar-refractivity contribution in [2.24, 2.45) is 12.8 Å². The molecule has 0 aliphatic carbocycles. The number of nitrogens with zero attached hydrogens (tertiary/aromatic N) is 5. The number of hydrogen-bond acceptors (Lipinski definition) is 5. The highest BCUT2D eigenvalue weighted by Crippen LogP contribution is 2.38. The molecule has 2 aromatic heterocycles. The van der Waals surface area contributed by atoms with Crippen LogP contribution in [-0.4, -0.2) is 31.7 Å². The highest BCUT2D eigenvalue weighted by molar-refractivity contribution is 6.37. The highest BCUT2D eigenvalue weighted by Gasteiger charge is 2.18. The standard InChI is InChI=1S/C15H13Cl2FN6/c1-24-22-15(21-23-24)14-10(5-9(16)6-11(14)17)8-4-12(18)13(2-3-19)20-7-8/h4-7H,2-3,19H2,1H3. The molecule has 2 heterocycles. The minimum absolute atomic E-state index is 0.313. The van der Waals surface area contributed by atoms with Gasteiger partial charge < -0.3 is 5.73 Å². The van der Waals surface area contributed by atoms with E-state index in [-0.39, 0.29) is 0 Å². The summed E-state index contributed by atoms with van der Waals surface area (Å²) in [5, 5.41) is 12.7. The molecule has 0 aliphatic heterocycles. The van der Waals surface area contributed by atoms with Gasteiger partial charge in [0.05, 0.1) is 17.8 Å². The molecule has 0 unspecified atom stereocenters. The molecular weight excluding hydrogens is 354 g/mol. The summed E-state index contributed by atoms with van der Waals surface area (Å²) in [4.78, 5) is 5.45. The van der Waals surface area contributed by atoms with Crippen LogP contribution in [0.25, 0.3) is 22.5 Å². The first kappa shape index (κ1) is 16.8. The summed E-state index contributed by atoms with van der Waals surface area (Å²) in [7, 11) is 1.64. The Hall–Kier alpha value is -2.09. The number of halogens is 3. The molecule has 0 fully saturated rings. The summed E-state index contributed by atoms with van der Waals surface area (Å²) in [6, 6.07) is 4.61. The number of aryl methyl sites for hydroxylation is 1. The number of pyridine rings is 1. The van der Waals surface area contributed by atoms with Gasteiger partial charge >= 0.3 is 0 Å². The van der Waals surface area contributed by atoms with Gasteiger partial charge in [0.15, 0.2) is 0 Å². The second-order valence-electron chi connectivity index (χ2n) is 5.10. The molecule has 0 bridgehead atoms. The molecule has 24 heavy (non-hydrogen) atoms. The molecule has 0 saturated carbocycles. The van der Waals surface area contributed by atoms with Crippen LogP contribution in [0.2, 0.25) is 10.0 Å². The van der Waals surface area contributed by atoms with E-state index in [1.54, 1.807) is 25.4 Å². The molecule has 0 spiro atoms. The highest BCUT2D eigenvalue weighted by atomic mass is 35.5. The van der Waals surface area contributed by atoms with Gasteiger partial charge in [-0.1, -0.05) is 23.2 Å². The minimum atomic E-state index is -0.438. The van der Waals surface area contributed by atoms with Crippen LogP contribution in [0, 0.1) is 5.82 Å². The van der Waals surface area contributed by atoms with E-state index in [0.29, 0.717) is 51.2 Å². The van der Waals surface area contributed by atoms with E-state index >= 15 is 0 Å². The van der Waals surface area contributed by atoms with Crippen LogP contribution in [0.5, 0.6) is 0 Å². The molecule has 0 aliphatic rings. The monoisotopic (exact) mass is 366 g/mol. The summed E-state index contributed by atoms with van der Waals surface area (Å²) >= 11 is 12.4. The summed E-state index contributed by atoms with van der Waals surface area (Å²) < 4.78 is 14.2. The van der Waals surface area contributed by atoms with E-state index < -0.39 is 5.82 Å². The van der Waals surface area contributed by atoms with Crippen molar-refractivity contribution in [3.8, 4) is 22.5 Å². The van der Waals surface area contributed by atoms with Crippen molar-refractivity contribution < 1.29 is 4.39 Å². The summed E-state index contributed by atoms with van der Waals surface area (Å²) in [6.07, 6.45) is 1.91. The second-order valence-corrected chi connectivity index (χ2v) is 5.95. The van der Waals surface area contributed by atoms with Crippen molar-refractivity contribution in [1.29, 1.82) is 0 Å². The third-order valence-corrected chi connectivity index (χ3v) is 3.91. The van der Waals surface area contributed by atoms with Gasteiger partial charge in [-0.25, -0.2) is 4.39 Å². The van der Waals surface area contributed by atoms with Gasteiger partial charge in [0, 0.05) is 28.8 Å². The van der Waals surface area contributed by atoms with E-state index in [1.165, 1.54) is 10.9 Å². The van der Waals surface area contributed by atoms with Gasteiger partial charge in [-0.3, -0.25) is 4.98 Å². The SMILES string of the molecule is Cn1nnc(-c2c(Cl)cc(Cl)cc2-c2cnc(CCN)c(F)c2)n1. The lowest BCUT2D eigenvalue weighted by atomic mass is 10.00. The quantitative estimate of drug-likeness (QED) is 0.767. The molecule has 3 aromatic rings. The number of hydrogen-bond donors (Lipinski definition) is 1. The van der Waals surface area contributed by atoms with Gasteiger partial charge in [0.2, 0.25) is 5.82 Å². The zero-order valence-corrected chi connectivity index (χ0v) is 14.2. The number of aromatic nitrogens is 5. The van der Waals surface area contributed by atoms with Crippen LogP contribution < -0.4 is 5.73 Å². The Morgan fingerprint density at radius 1 is 1.25 bits per heavy atom. The van der Waals surface area contributed by atoms with Crippen molar-refractivity contribution in [3.63, 3.8) is 0 Å². The summed E-state index contributed by atoms with van der Waals surface area (Å²) in [5.74, 6) is -0.118. The van der Waals surface area contributed by atoms with Crippen LogP contribution in [0.15, 0.2) is 24.4 Å². The number of benzene rings is 1. The molecule has 0 amide bonds. The first-order valence-electron chi connectivity index (χ1n) is 7.08. The molecule has 0 atom stereocenters. The maximum absolute atomic E-state index is 14.2. The molecule has 9 heteroatoms. The van der Waals surface area contributed by atoms with Crippen molar-refractivity contribution >= 4 is 23.2 Å². The molecule has 2 N–H and O–H groups in total. The number of nitrogens with two attached hydrogens (primary N) is 1. The van der Waals surface area contributed by atoms with E-state index in [1.807, 2.05) is 0 Å². The fourth-order valence-corrected chi connectivity index (χ4v) is 2.92. The van der Waals surface area contributed by atoms with Crippen molar-refractivity contribution in [1.82, 2.24) is 25.2 Å². The Morgan fingerprint density at radius 2 is 2.04 bits per heavy atom. The maximum Gasteiger partial charge on any atom is 0.207 e. The number of tetrazole rings is 1. The van der Waals surface area contributed by atoms with Crippen LogP contribution in [-0.2, 0) is 13.5 Å². The molecule has 6 nitrogen and oxygen atoms in total. The van der Waals surface area contributed by atoms with E-state index in [9.17, 15) is 4.39 Å². The predicted molar refractivity (Wildman–Crippen MR) is 90.2 cm³/mol. The first-order chi connectivity index (χ1) is 11.5. The predicted octanol–water partition coefficient (Wildman–Crippen LogP) is 2.89. The molecule has 0 radical (unpaired) electrons. The summed E-state index contributed by atoms with van der Waals surface area (Å²) in [5.41, 5.74) is 7.37. The van der Waals surface area contributed by atoms with Crippen LogP contribution >= 0.6 is 23.2 Å². The van der Waals surface area contributed by atoms with Crippen molar-refractivity contribution in [2.75, 3.05) is 6.54 Å². The Morgan fingerprint density at radius 3 is 2.67 bits per heavy atom. The van der Waals surface area contributed by atoms with Crippen LogP contribution in [0.4, 0.5) is 4.39 Å². The summed E-state index contributed by atoms with van der Waals surface area (Å²) in [6.45, 7) is 0.320. The lowest BCUT2D eigenvalue weighted by molar-refractivity contribution is 0.599. The van der Waals surface area contributed by atoms with Crippen LogP contribution in [0.3, 0.4) is 0 Å². The third kappa shape index (κ3) is 3.24. The lowest BCUT2D eigenvalue weighted by Crippen LogP contribution is -2.06. The Labute approximate surface area is 147 Å². The molecular formula is C15H13Cl2FN6. The average molecular weight is 367 g/mol. The number of rotatable bonds is 4. The fraction of sp³-hybridized carbons (Fsp3) is 0.200. The Bertz CT molecular complexity index is 896.